The van der Waals surface area contributed by atoms with Crippen LogP contribution in [0.1, 0.15) is 48.7 Å². The van der Waals surface area contributed by atoms with Gasteiger partial charge in [-0.3, -0.25) is 4.79 Å². The van der Waals surface area contributed by atoms with E-state index >= 15 is 0 Å². The van der Waals surface area contributed by atoms with Crippen LogP contribution >= 0.6 is 0 Å². The van der Waals surface area contributed by atoms with Crippen molar-refractivity contribution in [3.63, 3.8) is 0 Å². The Hall–Kier alpha value is -1.58. The van der Waals surface area contributed by atoms with Gasteiger partial charge in [0.1, 0.15) is 5.82 Å². The van der Waals surface area contributed by atoms with Gasteiger partial charge in [-0.2, -0.15) is 0 Å². The Bertz CT molecular complexity index is 479. The van der Waals surface area contributed by atoms with Crippen molar-refractivity contribution >= 4 is 11.7 Å². The molecule has 1 amide bonds. The van der Waals surface area contributed by atoms with Gasteiger partial charge in [0, 0.05) is 31.4 Å². The van der Waals surface area contributed by atoms with Gasteiger partial charge in [0.05, 0.1) is 0 Å². The number of anilines is 1. The Morgan fingerprint density at radius 2 is 1.95 bits per heavy atom. The quantitative estimate of drug-likeness (QED) is 0.922. The van der Waals surface area contributed by atoms with Gasteiger partial charge in [-0.15, -0.1) is 0 Å². The fraction of sp³-hybridized carbons (Fsp3) is 0.625. The molecule has 0 unspecified atom stereocenters. The van der Waals surface area contributed by atoms with Crippen LogP contribution in [0.2, 0.25) is 0 Å². The lowest BCUT2D eigenvalue weighted by molar-refractivity contribution is 0.0679. The molecular formula is C16H25N3O. The molecule has 1 N–H and O–H groups in total. The highest BCUT2D eigenvalue weighted by molar-refractivity contribution is 5.95. The van der Waals surface area contributed by atoms with Gasteiger partial charge in [-0.25, -0.2) is 4.98 Å². The SMILES string of the molecule is CNc1cc(C(=O)N(C)C2CCC(C)CC2)cc(C)n1. The van der Waals surface area contributed by atoms with Crippen LogP contribution in [-0.2, 0) is 0 Å². The topological polar surface area (TPSA) is 45.2 Å². The lowest BCUT2D eigenvalue weighted by atomic mass is 9.86. The zero-order valence-corrected chi connectivity index (χ0v) is 12.9. The van der Waals surface area contributed by atoms with Crippen LogP contribution in [0.4, 0.5) is 5.82 Å². The fourth-order valence-corrected chi connectivity index (χ4v) is 2.92. The molecule has 0 spiro atoms. The summed E-state index contributed by atoms with van der Waals surface area (Å²) in [5.74, 6) is 1.65. The van der Waals surface area contributed by atoms with E-state index in [1.54, 1.807) is 0 Å². The van der Waals surface area contributed by atoms with Gasteiger partial charge in [0.2, 0.25) is 0 Å². The lowest BCUT2D eigenvalue weighted by Gasteiger charge is -2.33. The molecule has 1 aromatic heterocycles. The normalized spacial score (nSPS) is 22.4. The van der Waals surface area contributed by atoms with Crippen LogP contribution < -0.4 is 5.32 Å². The second-order valence-electron chi connectivity index (χ2n) is 5.96. The molecule has 1 aliphatic rings. The maximum atomic E-state index is 12.6. The van der Waals surface area contributed by atoms with Gasteiger partial charge >= 0.3 is 0 Å². The summed E-state index contributed by atoms with van der Waals surface area (Å²) in [4.78, 5) is 18.9. The Kier molecular flexibility index (Phi) is 4.63. The minimum Gasteiger partial charge on any atom is -0.373 e. The maximum Gasteiger partial charge on any atom is 0.254 e. The Labute approximate surface area is 121 Å². The highest BCUT2D eigenvalue weighted by Crippen LogP contribution is 2.27. The van der Waals surface area contributed by atoms with Crippen LogP contribution in [0.5, 0.6) is 0 Å². The van der Waals surface area contributed by atoms with E-state index in [0.29, 0.717) is 6.04 Å². The fourth-order valence-electron chi connectivity index (χ4n) is 2.92. The average molecular weight is 275 g/mol. The van der Waals surface area contributed by atoms with E-state index in [-0.39, 0.29) is 5.91 Å². The smallest absolute Gasteiger partial charge is 0.254 e. The molecule has 2 rings (SSSR count). The standard InChI is InChI=1S/C16H25N3O/c1-11-5-7-14(8-6-11)19(4)16(20)13-9-12(2)18-15(10-13)17-3/h9-11,14H,5-8H2,1-4H3,(H,17,18). The van der Waals surface area contributed by atoms with E-state index in [2.05, 4.69) is 17.2 Å². The first-order valence-electron chi connectivity index (χ1n) is 7.45. The lowest BCUT2D eigenvalue weighted by Crippen LogP contribution is -2.39. The molecule has 0 bridgehead atoms. The summed E-state index contributed by atoms with van der Waals surface area (Å²) in [6.45, 7) is 4.21. The highest BCUT2D eigenvalue weighted by Gasteiger charge is 2.25. The van der Waals surface area contributed by atoms with Crippen molar-refractivity contribution in [1.82, 2.24) is 9.88 Å². The monoisotopic (exact) mass is 275 g/mol. The number of aromatic nitrogens is 1. The van der Waals surface area contributed by atoms with Gasteiger partial charge in [0.25, 0.3) is 5.91 Å². The van der Waals surface area contributed by atoms with Crippen LogP contribution in [0.25, 0.3) is 0 Å². The molecule has 0 saturated heterocycles. The molecule has 0 radical (unpaired) electrons. The van der Waals surface area contributed by atoms with Crippen molar-refractivity contribution in [3.05, 3.63) is 23.4 Å². The molecular weight excluding hydrogens is 250 g/mol. The largest absolute Gasteiger partial charge is 0.373 e. The van der Waals surface area contributed by atoms with Crippen molar-refractivity contribution in [2.75, 3.05) is 19.4 Å². The second-order valence-corrected chi connectivity index (χ2v) is 5.96. The number of rotatable bonds is 3. The van der Waals surface area contributed by atoms with Gasteiger partial charge < -0.3 is 10.2 Å². The van der Waals surface area contributed by atoms with E-state index in [1.165, 1.54) is 12.8 Å². The Morgan fingerprint density at radius 1 is 1.30 bits per heavy atom. The third-order valence-corrected chi connectivity index (χ3v) is 4.31. The van der Waals surface area contributed by atoms with Gasteiger partial charge in [0.15, 0.2) is 0 Å². The number of pyridine rings is 1. The number of aryl methyl sites for hydroxylation is 1. The molecule has 20 heavy (non-hydrogen) atoms. The predicted octanol–water partition coefficient (Wildman–Crippen LogP) is 3.08. The second kappa shape index (κ2) is 6.25. The third kappa shape index (κ3) is 3.30. The molecule has 1 aliphatic carbocycles. The summed E-state index contributed by atoms with van der Waals surface area (Å²) in [6.07, 6.45) is 4.68. The zero-order chi connectivity index (χ0) is 14.7. The number of amides is 1. The van der Waals surface area contributed by atoms with Crippen LogP contribution in [0.15, 0.2) is 12.1 Å². The Balaban J connectivity index is 2.12. The van der Waals surface area contributed by atoms with Crippen molar-refractivity contribution < 1.29 is 4.79 Å². The average Bonchev–Trinajstić information content (AvgIpc) is 2.45. The van der Waals surface area contributed by atoms with E-state index in [1.807, 2.05) is 38.1 Å². The molecule has 0 aliphatic heterocycles. The molecule has 1 heterocycles. The van der Waals surface area contributed by atoms with Crippen LogP contribution in [-0.4, -0.2) is 35.9 Å². The number of nitrogens with zero attached hydrogens (tertiary/aromatic N) is 2. The molecule has 1 saturated carbocycles. The van der Waals surface area contributed by atoms with Crippen molar-refractivity contribution in [2.24, 2.45) is 5.92 Å². The first-order valence-corrected chi connectivity index (χ1v) is 7.45. The first kappa shape index (κ1) is 14.8. The summed E-state index contributed by atoms with van der Waals surface area (Å²) in [6, 6.07) is 4.08. The molecule has 0 atom stereocenters. The first-order chi connectivity index (χ1) is 9.51. The molecule has 1 fully saturated rings. The summed E-state index contributed by atoms with van der Waals surface area (Å²) in [5.41, 5.74) is 1.59. The molecule has 1 aromatic rings. The molecule has 110 valence electrons. The van der Waals surface area contributed by atoms with Crippen LogP contribution in [0, 0.1) is 12.8 Å². The van der Waals surface area contributed by atoms with Crippen molar-refractivity contribution in [1.29, 1.82) is 0 Å². The van der Waals surface area contributed by atoms with Crippen LogP contribution in [0.3, 0.4) is 0 Å². The van der Waals surface area contributed by atoms with E-state index in [9.17, 15) is 4.79 Å². The summed E-state index contributed by atoms with van der Waals surface area (Å²) in [7, 11) is 3.75. The summed E-state index contributed by atoms with van der Waals surface area (Å²) < 4.78 is 0. The number of hydrogen-bond acceptors (Lipinski definition) is 3. The number of nitrogens with one attached hydrogen (secondary N) is 1. The van der Waals surface area contributed by atoms with E-state index < -0.39 is 0 Å². The zero-order valence-electron chi connectivity index (χ0n) is 12.9. The van der Waals surface area contributed by atoms with E-state index in [4.69, 9.17) is 0 Å². The maximum absolute atomic E-state index is 12.6. The van der Waals surface area contributed by atoms with Crippen molar-refractivity contribution in [2.45, 2.75) is 45.6 Å². The van der Waals surface area contributed by atoms with Crippen molar-refractivity contribution in [3.8, 4) is 0 Å². The molecule has 0 aromatic carbocycles. The third-order valence-electron chi connectivity index (χ3n) is 4.31. The van der Waals surface area contributed by atoms with Gasteiger partial charge in [-0.1, -0.05) is 6.92 Å². The summed E-state index contributed by atoms with van der Waals surface area (Å²) in [5, 5.41) is 3.01. The van der Waals surface area contributed by atoms with Gasteiger partial charge in [-0.05, 0) is 50.7 Å². The number of carbonyl (C=O) groups excluding carboxylic acids is 1. The summed E-state index contributed by atoms with van der Waals surface area (Å²) >= 11 is 0. The highest BCUT2D eigenvalue weighted by atomic mass is 16.2. The number of carbonyl (C=O) groups is 1. The minimum absolute atomic E-state index is 0.103. The molecule has 4 nitrogen and oxygen atoms in total. The number of hydrogen-bond donors (Lipinski definition) is 1. The molecule has 4 heteroatoms. The predicted molar refractivity (Wildman–Crippen MR) is 82.0 cm³/mol. The Morgan fingerprint density at radius 3 is 2.55 bits per heavy atom. The van der Waals surface area contributed by atoms with E-state index in [0.717, 1.165) is 35.8 Å². The minimum atomic E-state index is 0.103.